The average Bonchev–Trinajstić information content (AvgIpc) is 3.26. The minimum atomic E-state index is -0.496. The normalized spacial score (nSPS) is 28.9. The molecule has 4 saturated carbocycles. The third-order valence-corrected chi connectivity index (χ3v) is 7.96. The van der Waals surface area contributed by atoms with E-state index in [1.807, 2.05) is 11.4 Å². The summed E-state index contributed by atoms with van der Waals surface area (Å²) in [4.78, 5) is 38.2. The van der Waals surface area contributed by atoms with Gasteiger partial charge in [-0.1, -0.05) is 6.07 Å². The zero-order valence-electron chi connectivity index (χ0n) is 16.8. The summed E-state index contributed by atoms with van der Waals surface area (Å²) in [5.74, 6) is 1.49. The Hall–Kier alpha value is -2.47. The summed E-state index contributed by atoms with van der Waals surface area (Å²) in [6.45, 7) is -0.137. The molecule has 1 aromatic carbocycles. The quantitative estimate of drug-likeness (QED) is 0.668. The predicted molar refractivity (Wildman–Crippen MR) is 115 cm³/mol. The van der Waals surface area contributed by atoms with Crippen molar-refractivity contribution in [3.63, 3.8) is 0 Å². The van der Waals surface area contributed by atoms with Crippen molar-refractivity contribution in [1.82, 2.24) is 0 Å². The Labute approximate surface area is 179 Å². The number of nitrogens with one attached hydrogen (secondary N) is 1. The molecular weight excluding hydrogens is 398 g/mol. The highest BCUT2D eigenvalue weighted by molar-refractivity contribution is 7.12. The third kappa shape index (κ3) is 3.69. The van der Waals surface area contributed by atoms with Gasteiger partial charge in [-0.2, -0.15) is 0 Å². The van der Waals surface area contributed by atoms with E-state index < -0.39 is 5.97 Å². The highest BCUT2D eigenvalue weighted by Gasteiger charge is 2.54. The van der Waals surface area contributed by atoms with Crippen molar-refractivity contribution in [2.45, 2.75) is 38.5 Å². The second-order valence-electron chi connectivity index (χ2n) is 9.21. The summed E-state index contributed by atoms with van der Waals surface area (Å²) in [7, 11) is 0. The molecule has 0 spiro atoms. The van der Waals surface area contributed by atoms with Crippen molar-refractivity contribution in [1.29, 1.82) is 0 Å². The first kappa shape index (κ1) is 19.5. The highest BCUT2D eigenvalue weighted by atomic mass is 32.1. The van der Waals surface area contributed by atoms with E-state index in [1.165, 1.54) is 30.6 Å². The van der Waals surface area contributed by atoms with Gasteiger partial charge in [-0.3, -0.25) is 9.59 Å². The van der Waals surface area contributed by atoms with Crippen molar-refractivity contribution < 1.29 is 19.1 Å². The van der Waals surface area contributed by atoms with Crippen LogP contribution in [0, 0.1) is 23.2 Å². The lowest BCUT2D eigenvalue weighted by Crippen LogP contribution is -2.51. The van der Waals surface area contributed by atoms with Crippen LogP contribution in [0.25, 0.3) is 0 Å². The Kier molecular flexibility index (Phi) is 4.97. The molecule has 2 aromatic rings. The Balaban J connectivity index is 1.17. The van der Waals surface area contributed by atoms with Gasteiger partial charge in [0.15, 0.2) is 12.4 Å². The maximum Gasteiger partial charge on any atom is 0.338 e. The number of ketones is 1. The van der Waals surface area contributed by atoms with Gasteiger partial charge in [0.25, 0.3) is 5.91 Å². The second kappa shape index (κ2) is 7.65. The Morgan fingerprint density at radius 1 is 0.967 bits per heavy atom. The van der Waals surface area contributed by atoms with Crippen LogP contribution in [-0.4, -0.2) is 24.3 Å². The van der Waals surface area contributed by atoms with E-state index >= 15 is 0 Å². The Morgan fingerprint density at radius 2 is 1.60 bits per heavy atom. The highest BCUT2D eigenvalue weighted by Crippen LogP contribution is 2.60. The molecule has 5 nitrogen and oxygen atoms in total. The first-order valence-corrected chi connectivity index (χ1v) is 11.5. The molecule has 0 unspecified atom stereocenters. The molecule has 30 heavy (non-hydrogen) atoms. The molecule has 1 N–H and O–H groups in total. The van der Waals surface area contributed by atoms with E-state index in [1.54, 1.807) is 30.3 Å². The van der Waals surface area contributed by atoms with Crippen LogP contribution < -0.4 is 5.32 Å². The van der Waals surface area contributed by atoms with Crippen LogP contribution >= 0.6 is 11.3 Å². The maximum atomic E-state index is 13.0. The zero-order chi connectivity index (χ0) is 20.7. The van der Waals surface area contributed by atoms with E-state index in [0.29, 0.717) is 33.9 Å². The van der Waals surface area contributed by atoms with E-state index in [-0.39, 0.29) is 23.7 Å². The van der Waals surface area contributed by atoms with E-state index in [2.05, 4.69) is 5.32 Å². The van der Waals surface area contributed by atoms with E-state index in [9.17, 15) is 14.4 Å². The summed E-state index contributed by atoms with van der Waals surface area (Å²) in [6.07, 6.45) is 6.78. The van der Waals surface area contributed by atoms with Gasteiger partial charge in [0.2, 0.25) is 0 Å². The number of rotatable bonds is 6. The molecule has 0 aliphatic heterocycles. The lowest BCUT2D eigenvalue weighted by atomic mass is 9.48. The number of ether oxygens (including phenoxy) is 1. The van der Waals surface area contributed by atoms with Gasteiger partial charge >= 0.3 is 5.97 Å². The van der Waals surface area contributed by atoms with Crippen LogP contribution in [-0.2, 0) is 9.53 Å². The number of anilines is 1. The number of Topliss-reactive ketones (excluding diaryl/α,β-unsaturated/α-hetero) is 1. The third-order valence-electron chi connectivity index (χ3n) is 7.09. The van der Waals surface area contributed by atoms with E-state index in [4.69, 9.17) is 4.74 Å². The lowest BCUT2D eigenvalue weighted by Gasteiger charge is -2.55. The zero-order valence-corrected chi connectivity index (χ0v) is 17.6. The average molecular weight is 424 g/mol. The number of esters is 1. The fourth-order valence-electron chi connectivity index (χ4n) is 6.11. The van der Waals surface area contributed by atoms with Crippen LogP contribution in [0.2, 0.25) is 0 Å². The minimum absolute atomic E-state index is 0.106. The number of amides is 1. The van der Waals surface area contributed by atoms with Gasteiger partial charge in [0, 0.05) is 11.1 Å². The van der Waals surface area contributed by atoms with Crippen LogP contribution in [0.3, 0.4) is 0 Å². The van der Waals surface area contributed by atoms with Crippen LogP contribution in [0.5, 0.6) is 0 Å². The molecule has 1 amide bonds. The van der Waals surface area contributed by atoms with Crippen LogP contribution in [0.4, 0.5) is 5.69 Å². The van der Waals surface area contributed by atoms with Gasteiger partial charge < -0.3 is 10.1 Å². The second-order valence-corrected chi connectivity index (χ2v) is 10.2. The largest absolute Gasteiger partial charge is 0.454 e. The lowest BCUT2D eigenvalue weighted by molar-refractivity contribution is -0.147. The number of hydrogen-bond donors (Lipinski definition) is 1. The van der Waals surface area contributed by atoms with Gasteiger partial charge in [-0.15, -0.1) is 11.3 Å². The molecule has 6 rings (SSSR count). The van der Waals surface area contributed by atoms with Gasteiger partial charge in [-0.25, -0.2) is 4.79 Å². The van der Waals surface area contributed by atoms with E-state index in [0.717, 1.165) is 19.3 Å². The molecule has 156 valence electrons. The fraction of sp³-hybridized carbons (Fsp3) is 0.458. The molecule has 0 saturated heterocycles. The molecule has 4 bridgehead atoms. The molecule has 0 radical (unpaired) electrons. The number of thiophene rings is 1. The smallest absolute Gasteiger partial charge is 0.338 e. The molecule has 4 fully saturated rings. The summed E-state index contributed by atoms with van der Waals surface area (Å²) < 4.78 is 5.39. The van der Waals surface area contributed by atoms with Crippen molar-refractivity contribution in [2.75, 3.05) is 11.9 Å². The summed E-state index contributed by atoms with van der Waals surface area (Å²) in [6, 6.07) is 10.1. The van der Waals surface area contributed by atoms with Crippen molar-refractivity contribution in [3.05, 3.63) is 52.2 Å². The molecule has 1 aromatic heterocycles. The fourth-order valence-corrected chi connectivity index (χ4v) is 6.73. The van der Waals surface area contributed by atoms with Crippen molar-refractivity contribution in [2.24, 2.45) is 23.2 Å². The first-order valence-electron chi connectivity index (χ1n) is 10.7. The molecule has 4 aliphatic carbocycles. The Bertz CT molecular complexity index is 928. The summed E-state index contributed by atoms with van der Waals surface area (Å²) in [5, 5.41) is 4.65. The summed E-state index contributed by atoms with van der Waals surface area (Å²) in [5.41, 5.74) is 0.738. The van der Waals surface area contributed by atoms with Crippen LogP contribution in [0.1, 0.15) is 58.6 Å². The van der Waals surface area contributed by atoms with Crippen molar-refractivity contribution >= 4 is 34.7 Å². The summed E-state index contributed by atoms with van der Waals surface area (Å²) >= 11 is 1.37. The maximum absolute atomic E-state index is 13.0. The van der Waals surface area contributed by atoms with Gasteiger partial charge in [0.1, 0.15) is 0 Å². The number of hydrogen-bond acceptors (Lipinski definition) is 5. The molecule has 6 heteroatoms. The predicted octanol–water partition coefficient (Wildman–Crippen LogP) is 4.94. The minimum Gasteiger partial charge on any atom is -0.454 e. The van der Waals surface area contributed by atoms with Crippen LogP contribution in [0.15, 0.2) is 41.8 Å². The topological polar surface area (TPSA) is 72.5 Å². The molecule has 4 aliphatic rings. The number of benzene rings is 1. The Morgan fingerprint density at radius 3 is 2.17 bits per heavy atom. The molecular formula is C24H25NO4S. The molecule has 1 heterocycles. The first-order chi connectivity index (χ1) is 14.5. The van der Waals surface area contributed by atoms with Gasteiger partial charge in [0.05, 0.1) is 10.4 Å². The number of carbonyl (C=O) groups excluding carboxylic acids is 3. The van der Waals surface area contributed by atoms with Gasteiger partial charge in [-0.05, 0) is 92.0 Å². The van der Waals surface area contributed by atoms with Crippen molar-refractivity contribution in [3.8, 4) is 0 Å². The SMILES string of the molecule is O=C(OCC(=O)C12CC3CC(CC(C3)C1)C2)c1ccc(NC(=O)c2cccs2)cc1. The standard InChI is InChI=1S/C24H25NO4S/c26-21(24-11-15-8-16(12-24)10-17(9-15)13-24)14-29-23(28)18-3-5-19(6-4-18)25-22(27)20-2-1-7-30-20/h1-7,15-17H,8-14H2,(H,25,27). The molecule has 0 atom stereocenters. The monoisotopic (exact) mass is 423 g/mol. The number of carbonyl (C=O) groups is 3.